The number of carboxylic acids is 1. The quantitative estimate of drug-likeness (QED) is 0.559. The van der Waals surface area contributed by atoms with Crippen molar-refractivity contribution in [3.05, 3.63) is 57.4 Å². The Balaban J connectivity index is 2.09. The molecule has 2 aliphatic rings. The maximum Gasteiger partial charge on any atom is 0.336 e. The first-order chi connectivity index (χ1) is 14.6. The topological polar surface area (TPSA) is 57.6 Å². The van der Waals surface area contributed by atoms with E-state index in [9.17, 15) is 14.7 Å². The van der Waals surface area contributed by atoms with E-state index in [0.717, 1.165) is 25.9 Å². The van der Waals surface area contributed by atoms with Crippen LogP contribution in [-0.2, 0) is 5.41 Å². The Morgan fingerprint density at radius 1 is 1.19 bits per heavy atom. The van der Waals surface area contributed by atoms with E-state index in [1.165, 1.54) is 12.1 Å². The zero-order valence-electron chi connectivity index (χ0n) is 18.7. The predicted molar refractivity (Wildman–Crippen MR) is 121 cm³/mol. The van der Waals surface area contributed by atoms with Crippen LogP contribution >= 0.6 is 11.6 Å². The lowest BCUT2D eigenvalue weighted by Gasteiger charge is -2.45. The maximum atomic E-state index is 15.4. The molecule has 1 aromatic rings. The van der Waals surface area contributed by atoms with Gasteiger partial charge in [0.25, 0.3) is 0 Å². The van der Waals surface area contributed by atoms with Crippen molar-refractivity contribution in [3.8, 4) is 0 Å². The minimum atomic E-state index is -1.29. The van der Waals surface area contributed by atoms with Crippen LogP contribution in [0.3, 0.4) is 0 Å². The van der Waals surface area contributed by atoms with Crippen molar-refractivity contribution in [3.63, 3.8) is 0 Å². The highest BCUT2D eigenvalue weighted by molar-refractivity contribution is 6.30. The Labute approximate surface area is 188 Å². The predicted octanol–water partition coefficient (Wildman–Crippen LogP) is 5.81. The van der Waals surface area contributed by atoms with Gasteiger partial charge in [-0.3, -0.25) is 4.79 Å². The van der Waals surface area contributed by atoms with Crippen molar-refractivity contribution < 1.29 is 19.1 Å². The molecule has 0 aromatic heterocycles. The fourth-order valence-electron chi connectivity index (χ4n) is 4.93. The van der Waals surface area contributed by atoms with E-state index in [2.05, 4.69) is 32.7 Å². The number of likely N-dealkylation sites (tertiary alicyclic amines) is 1. The first-order valence-corrected chi connectivity index (χ1v) is 11.3. The molecule has 168 valence electrons. The van der Waals surface area contributed by atoms with Crippen molar-refractivity contribution in [2.45, 2.75) is 51.9 Å². The van der Waals surface area contributed by atoms with Crippen molar-refractivity contribution in [1.29, 1.82) is 0 Å². The highest BCUT2D eigenvalue weighted by Gasteiger charge is 2.41. The summed E-state index contributed by atoms with van der Waals surface area (Å²) in [6, 6.07) is 2.92. The van der Waals surface area contributed by atoms with Gasteiger partial charge < -0.3 is 10.0 Å². The molecule has 6 heteroatoms. The second kappa shape index (κ2) is 9.25. The third-order valence-corrected chi connectivity index (χ3v) is 7.64. The van der Waals surface area contributed by atoms with Gasteiger partial charge in [0.05, 0.1) is 11.1 Å². The Hall–Kier alpha value is -1.98. The van der Waals surface area contributed by atoms with Crippen LogP contribution in [0.2, 0.25) is 0 Å². The molecule has 1 aromatic carbocycles. The molecule has 4 nitrogen and oxygen atoms in total. The van der Waals surface area contributed by atoms with E-state index < -0.39 is 23.0 Å². The molecule has 1 N–H and O–H groups in total. The van der Waals surface area contributed by atoms with E-state index in [4.69, 9.17) is 11.6 Å². The molecule has 3 rings (SSSR count). The fraction of sp³-hybridized carbons (Fsp3) is 0.520. The molecule has 1 unspecified atom stereocenters. The van der Waals surface area contributed by atoms with Gasteiger partial charge in [-0.2, -0.15) is 0 Å². The molecule has 0 saturated carbocycles. The molecule has 1 aliphatic heterocycles. The number of carboxylic acid groups (broad SMARTS) is 1. The third-order valence-electron chi connectivity index (χ3n) is 7.33. The summed E-state index contributed by atoms with van der Waals surface area (Å²) in [6.07, 6.45) is 5.97. The molecule has 1 fully saturated rings. The van der Waals surface area contributed by atoms with Crippen LogP contribution < -0.4 is 0 Å². The summed E-state index contributed by atoms with van der Waals surface area (Å²) in [5.41, 5.74) is 0.0168. The molecule has 1 heterocycles. The Kier molecular flexibility index (Phi) is 7.07. The number of halogens is 2. The van der Waals surface area contributed by atoms with Crippen LogP contribution in [0.15, 0.2) is 34.9 Å². The van der Waals surface area contributed by atoms with E-state index in [1.807, 2.05) is 0 Å². The molecule has 0 radical (unpaired) electrons. The van der Waals surface area contributed by atoms with Gasteiger partial charge >= 0.3 is 5.97 Å². The molecule has 0 spiro atoms. The maximum absolute atomic E-state index is 15.4. The number of piperidine rings is 1. The Morgan fingerprint density at radius 2 is 1.84 bits per heavy atom. The summed E-state index contributed by atoms with van der Waals surface area (Å²) in [6.45, 7) is 8.22. The number of ketones is 1. The molecular formula is C25H31ClFNO3. The average Bonchev–Trinajstić information content (AvgIpc) is 2.73. The van der Waals surface area contributed by atoms with Gasteiger partial charge in [0.1, 0.15) is 5.82 Å². The second-order valence-corrected chi connectivity index (χ2v) is 9.82. The minimum Gasteiger partial charge on any atom is -0.478 e. The van der Waals surface area contributed by atoms with E-state index >= 15 is 4.39 Å². The fourth-order valence-corrected chi connectivity index (χ4v) is 5.08. The highest BCUT2D eigenvalue weighted by Crippen LogP contribution is 2.45. The standard InChI is InChI=1S/C25H31ClFNO3/c1-15(2)25(3,17-9-11-28(4)12-10-17)18-13-20(24(30)31)22(21(27)14-18)23(29)16-5-7-19(26)8-6-16/h5,7,13-15,17H,6,8-12H2,1-4H3,(H,30,31). The largest absolute Gasteiger partial charge is 0.478 e. The molecule has 31 heavy (non-hydrogen) atoms. The van der Waals surface area contributed by atoms with Crippen LogP contribution in [0.4, 0.5) is 4.39 Å². The number of hydrogen-bond donors (Lipinski definition) is 1. The number of Topliss-reactive ketones (excluding diaryl/α,β-unsaturated/α-hetero) is 1. The van der Waals surface area contributed by atoms with Gasteiger partial charge in [-0.15, -0.1) is 0 Å². The van der Waals surface area contributed by atoms with Crippen molar-refractivity contribution in [2.24, 2.45) is 11.8 Å². The number of aromatic carboxylic acids is 1. The van der Waals surface area contributed by atoms with Gasteiger partial charge in [-0.25, -0.2) is 9.18 Å². The number of allylic oxidation sites excluding steroid dienone is 4. The number of benzene rings is 1. The Bertz CT molecular complexity index is 944. The van der Waals surface area contributed by atoms with Crippen LogP contribution in [0.1, 0.15) is 72.7 Å². The summed E-state index contributed by atoms with van der Waals surface area (Å²) < 4.78 is 15.4. The summed E-state index contributed by atoms with van der Waals surface area (Å²) in [5, 5.41) is 10.5. The third kappa shape index (κ3) is 4.63. The zero-order chi connectivity index (χ0) is 22.9. The molecule has 0 amide bonds. The average molecular weight is 448 g/mol. The summed E-state index contributed by atoms with van der Waals surface area (Å²) in [5.74, 6) is -2.14. The monoisotopic (exact) mass is 447 g/mol. The van der Waals surface area contributed by atoms with E-state index in [1.54, 1.807) is 12.2 Å². The molecule has 1 aliphatic carbocycles. The van der Waals surface area contributed by atoms with Crippen molar-refractivity contribution >= 4 is 23.4 Å². The van der Waals surface area contributed by atoms with Gasteiger partial charge in [0.2, 0.25) is 0 Å². The molecular weight excluding hydrogens is 417 g/mol. The lowest BCUT2D eigenvalue weighted by molar-refractivity contribution is 0.0690. The molecule has 1 atom stereocenters. The van der Waals surface area contributed by atoms with E-state index in [0.29, 0.717) is 34.9 Å². The number of carbonyl (C=O) groups excluding carboxylic acids is 1. The van der Waals surface area contributed by atoms with Crippen molar-refractivity contribution in [2.75, 3.05) is 20.1 Å². The first-order valence-electron chi connectivity index (χ1n) is 10.9. The van der Waals surface area contributed by atoms with Gasteiger partial charge in [0.15, 0.2) is 5.78 Å². The number of rotatable bonds is 6. The lowest BCUT2D eigenvalue weighted by Crippen LogP contribution is -2.44. The first kappa shape index (κ1) is 23.7. The van der Waals surface area contributed by atoms with Crippen molar-refractivity contribution in [1.82, 2.24) is 4.90 Å². The lowest BCUT2D eigenvalue weighted by atomic mass is 9.61. The number of hydrogen-bond acceptors (Lipinski definition) is 3. The smallest absolute Gasteiger partial charge is 0.336 e. The molecule has 1 saturated heterocycles. The van der Waals surface area contributed by atoms with Crippen LogP contribution in [-0.4, -0.2) is 41.9 Å². The summed E-state index contributed by atoms with van der Waals surface area (Å²) in [7, 11) is 2.09. The highest BCUT2D eigenvalue weighted by atomic mass is 35.5. The number of carbonyl (C=O) groups is 2. The summed E-state index contributed by atoms with van der Waals surface area (Å²) >= 11 is 5.96. The van der Waals surface area contributed by atoms with E-state index in [-0.39, 0.29) is 17.0 Å². The number of nitrogens with zero attached hydrogens (tertiary/aromatic N) is 1. The minimum absolute atomic E-state index is 0.178. The normalized spacial score (nSPS) is 20.2. The SMILES string of the molecule is CC(C)C(C)(c1cc(F)c(C(=O)C2=CC=C(Cl)CC2)c(C(=O)O)c1)C1CCN(C)CC1. The van der Waals surface area contributed by atoms with Gasteiger partial charge in [-0.05, 0) is 86.8 Å². The summed E-state index contributed by atoms with van der Waals surface area (Å²) in [4.78, 5) is 27.4. The zero-order valence-corrected chi connectivity index (χ0v) is 19.4. The Morgan fingerprint density at radius 3 is 2.35 bits per heavy atom. The van der Waals surface area contributed by atoms with Crippen LogP contribution in [0.5, 0.6) is 0 Å². The van der Waals surface area contributed by atoms with Crippen LogP contribution in [0.25, 0.3) is 0 Å². The molecule has 0 bridgehead atoms. The second-order valence-electron chi connectivity index (χ2n) is 9.34. The van der Waals surface area contributed by atoms with Gasteiger partial charge in [0, 0.05) is 10.6 Å². The van der Waals surface area contributed by atoms with Gasteiger partial charge in [-0.1, -0.05) is 38.4 Å². The van der Waals surface area contributed by atoms with Crippen LogP contribution in [0, 0.1) is 17.7 Å².